The standard InChI is InChI=1S/C20H16FNO4S/c1-12-17-10-13(21)6-8-15(17)16-4-2-3-5-18(16)22(12)27(25,26)14-7-9-19(23)20(24)11-14/h2-12,23-24H,1H3. The summed E-state index contributed by atoms with van der Waals surface area (Å²) in [5, 5.41) is 19.2. The van der Waals surface area contributed by atoms with Gasteiger partial charge in [0.2, 0.25) is 0 Å². The van der Waals surface area contributed by atoms with Gasteiger partial charge in [0.05, 0.1) is 16.6 Å². The van der Waals surface area contributed by atoms with Crippen LogP contribution < -0.4 is 4.31 Å². The van der Waals surface area contributed by atoms with Gasteiger partial charge < -0.3 is 10.2 Å². The molecular formula is C20H16FNO4S. The van der Waals surface area contributed by atoms with Crippen molar-refractivity contribution in [1.82, 2.24) is 0 Å². The quantitative estimate of drug-likeness (QED) is 0.649. The van der Waals surface area contributed by atoms with Crippen molar-refractivity contribution >= 4 is 15.7 Å². The zero-order valence-electron chi connectivity index (χ0n) is 14.3. The van der Waals surface area contributed by atoms with Gasteiger partial charge in [0.25, 0.3) is 10.0 Å². The third-order valence-electron chi connectivity index (χ3n) is 4.75. The van der Waals surface area contributed by atoms with Crippen molar-refractivity contribution in [2.24, 2.45) is 0 Å². The fourth-order valence-corrected chi connectivity index (χ4v) is 5.14. The van der Waals surface area contributed by atoms with Crippen LogP contribution in [0, 0.1) is 5.82 Å². The summed E-state index contributed by atoms with van der Waals surface area (Å²) in [5.41, 5.74) is 2.48. The third-order valence-corrected chi connectivity index (χ3v) is 6.63. The Morgan fingerprint density at radius 2 is 1.67 bits per heavy atom. The molecule has 1 atom stereocenters. The van der Waals surface area contributed by atoms with Crippen LogP contribution in [0.3, 0.4) is 0 Å². The van der Waals surface area contributed by atoms with Gasteiger partial charge in [-0.3, -0.25) is 4.31 Å². The number of halogens is 1. The van der Waals surface area contributed by atoms with Crippen LogP contribution in [0.4, 0.5) is 10.1 Å². The third kappa shape index (κ3) is 2.62. The van der Waals surface area contributed by atoms with Gasteiger partial charge >= 0.3 is 0 Å². The van der Waals surface area contributed by atoms with Crippen LogP contribution in [0.5, 0.6) is 11.5 Å². The summed E-state index contributed by atoms with van der Waals surface area (Å²) in [6.45, 7) is 1.69. The molecule has 0 saturated carbocycles. The summed E-state index contributed by atoms with van der Waals surface area (Å²) in [6, 6.07) is 14.0. The van der Waals surface area contributed by atoms with E-state index in [1.54, 1.807) is 37.3 Å². The fourth-order valence-electron chi connectivity index (χ4n) is 3.47. The highest BCUT2D eigenvalue weighted by Gasteiger charge is 2.37. The molecule has 138 valence electrons. The molecule has 0 radical (unpaired) electrons. The Bertz CT molecular complexity index is 1160. The lowest BCUT2D eigenvalue weighted by atomic mass is 9.90. The lowest BCUT2D eigenvalue weighted by molar-refractivity contribution is 0.402. The van der Waals surface area contributed by atoms with Crippen molar-refractivity contribution in [3.05, 3.63) is 72.0 Å². The number of nitrogens with zero attached hydrogens (tertiary/aromatic N) is 1. The number of sulfonamides is 1. The highest BCUT2D eigenvalue weighted by atomic mass is 32.2. The molecular weight excluding hydrogens is 369 g/mol. The molecule has 0 bridgehead atoms. The highest BCUT2D eigenvalue weighted by Crippen LogP contribution is 2.47. The molecule has 1 unspecified atom stereocenters. The molecule has 3 aromatic rings. The predicted octanol–water partition coefficient (Wildman–Crippen LogP) is 4.17. The van der Waals surface area contributed by atoms with Crippen LogP contribution >= 0.6 is 0 Å². The molecule has 0 aromatic heterocycles. The fraction of sp³-hybridized carbons (Fsp3) is 0.100. The lowest BCUT2D eigenvalue weighted by Gasteiger charge is -2.37. The number of anilines is 1. The smallest absolute Gasteiger partial charge is 0.265 e. The number of phenols is 2. The first-order valence-electron chi connectivity index (χ1n) is 8.26. The van der Waals surface area contributed by atoms with E-state index >= 15 is 0 Å². The van der Waals surface area contributed by atoms with Gasteiger partial charge in [-0.25, -0.2) is 12.8 Å². The Morgan fingerprint density at radius 3 is 2.41 bits per heavy atom. The van der Waals surface area contributed by atoms with E-state index in [0.29, 0.717) is 16.8 Å². The molecule has 0 fully saturated rings. The minimum absolute atomic E-state index is 0.167. The molecule has 3 aromatic carbocycles. The Morgan fingerprint density at radius 1 is 0.926 bits per heavy atom. The first-order valence-corrected chi connectivity index (χ1v) is 9.70. The van der Waals surface area contributed by atoms with E-state index in [-0.39, 0.29) is 4.90 Å². The topological polar surface area (TPSA) is 77.8 Å². The monoisotopic (exact) mass is 385 g/mol. The minimum Gasteiger partial charge on any atom is -0.504 e. The summed E-state index contributed by atoms with van der Waals surface area (Å²) in [7, 11) is -4.08. The van der Waals surface area contributed by atoms with Crippen LogP contribution in [-0.4, -0.2) is 18.6 Å². The predicted molar refractivity (Wildman–Crippen MR) is 99.7 cm³/mol. The number of para-hydroxylation sites is 1. The number of phenolic OH excluding ortho intramolecular Hbond substituents is 2. The van der Waals surface area contributed by atoms with Crippen molar-refractivity contribution in [2.45, 2.75) is 17.9 Å². The summed E-state index contributed by atoms with van der Waals surface area (Å²) in [4.78, 5) is -0.167. The highest BCUT2D eigenvalue weighted by molar-refractivity contribution is 7.92. The molecule has 1 heterocycles. The molecule has 1 aliphatic heterocycles. The number of aromatic hydroxyl groups is 2. The second-order valence-electron chi connectivity index (χ2n) is 6.38. The molecule has 7 heteroatoms. The second-order valence-corrected chi connectivity index (χ2v) is 8.19. The SMILES string of the molecule is CC1c2cc(F)ccc2-c2ccccc2N1S(=O)(=O)c1ccc(O)c(O)c1. The Labute approximate surface area is 156 Å². The molecule has 4 rings (SSSR count). The van der Waals surface area contributed by atoms with Crippen LogP contribution in [-0.2, 0) is 10.0 Å². The van der Waals surface area contributed by atoms with Crippen molar-refractivity contribution < 1.29 is 23.0 Å². The maximum Gasteiger partial charge on any atom is 0.265 e. The van der Waals surface area contributed by atoms with Gasteiger partial charge in [-0.15, -0.1) is 0 Å². The Kier molecular flexibility index (Phi) is 3.85. The molecule has 0 saturated heterocycles. The number of rotatable bonds is 2. The summed E-state index contributed by atoms with van der Waals surface area (Å²) < 4.78 is 41.8. The lowest BCUT2D eigenvalue weighted by Crippen LogP contribution is -2.36. The van der Waals surface area contributed by atoms with Crippen molar-refractivity contribution in [1.29, 1.82) is 0 Å². The van der Waals surface area contributed by atoms with Crippen LogP contribution in [0.25, 0.3) is 11.1 Å². The van der Waals surface area contributed by atoms with Crippen LogP contribution in [0.15, 0.2) is 65.6 Å². The largest absolute Gasteiger partial charge is 0.504 e. The molecule has 27 heavy (non-hydrogen) atoms. The molecule has 0 amide bonds. The van der Waals surface area contributed by atoms with E-state index < -0.39 is 33.4 Å². The second kappa shape index (κ2) is 5.99. The van der Waals surface area contributed by atoms with E-state index in [9.17, 15) is 23.0 Å². The molecule has 1 aliphatic rings. The van der Waals surface area contributed by atoms with Crippen molar-refractivity contribution in [3.63, 3.8) is 0 Å². The average Bonchev–Trinajstić information content (AvgIpc) is 2.64. The van der Waals surface area contributed by atoms with E-state index in [2.05, 4.69) is 0 Å². The van der Waals surface area contributed by atoms with Gasteiger partial charge in [-0.2, -0.15) is 0 Å². The van der Waals surface area contributed by atoms with Gasteiger partial charge in [0, 0.05) is 11.6 Å². The number of fused-ring (bicyclic) bond motifs is 3. The van der Waals surface area contributed by atoms with Gasteiger partial charge in [-0.1, -0.05) is 24.3 Å². The van der Waals surface area contributed by atoms with Gasteiger partial charge in [0.15, 0.2) is 11.5 Å². The minimum atomic E-state index is -4.08. The normalized spacial score (nSPS) is 15.9. The molecule has 0 spiro atoms. The van der Waals surface area contributed by atoms with Crippen molar-refractivity contribution in [2.75, 3.05) is 4.31 Å². The first-order chi connectivity index (χ1) is 12.8. The Balaban J connectivity index is 1.96. The maximum absolute atomic E-state index is 13.9. The van der Waals surface area contributed by atoms with Gasteiger partial charge in [0.1, 0.15) is 5.82 Å². The van der Waals surface area contributed by atoms with E-state index in [4.69, 9.17) is 0 Å². The Hall–Kier alpha value is -3.06. The van der Waals surface area contributed by atoms with Crippen molar-refractivity contribution in [3.8, 4) is 22.6 Å². The van der Waals surface area contributed by atoms with E-state index in [0.717, 1.165) is 17.7 Å². The zero-order valence-corrected chi connectivity index (χ0v) is 15.1. The van der Waals surface area contributed by atoms with E-state index in [1.807, 2.05) is 0 Å². The number of hydrogen-bond acceptors (Lipinski definition) is 4. The summed E-state index contributed by atoms with van der Waals surface area (Å²) >= 11 is 0. The molecule has 0 aliphatic carbocycles. The average molecular weight is 385 g/mol. The summed E-state index contributed by atoms with van der Waals surface area (Å²) in [6.07, 6.45) is 0. The maximum atomic E-state index is 13.9. The van der Waals surface area contributed by atoms with Gasteiger partial charge in [-0.05, 0) is 48.4 Å². The van der Waals surface area contributed by atoms with E-state index in [1.165, 1.54) is 22.5 Å². The molecule has 5 nitrogen and oxygen atoms in total. The first kappa shape index (κ1) is 17.4. The van der Waals surface area contributed by atoms with Crippen LogP contribution in [0.2, 0.25) is 0 Å². The number of benzene rings is 3. The number of hydrogen-bond donors (Lipinski definition) is 2. The zero-order chi connectivity index (χ0) is 19.3. The molecule has 2 N–H and O–H groups in total. The summed E-state index contributed by atoms with van der Waals surface area (Å²) in [5.74, 6) is -1.38. The van der Waals surface area contributed by atoms with Crippen LogP contribution in [0.1, 0.15) is 18.5 Å².